The largest absolute Gasteiger partial charge is 0.361 e. The number of piperidine rings is 1. The van der Waals surface area contributed by atoms with Crippen LogP contribution in [-0.2, 0) is 9.59 Å². The first-order chi connectivity index (χ1) is 14.3. The molecule has 1 saturated heterocycles. The molecule has 4 atom stereocenters. The number of nitrogens with zero attached hydrogens (tertiary/aromatic N) is 3. The molecule has 2 aliphatic heterocycles. The molecule has 1 N–H and O–H groups in total. The Hall–Kier alpha value is -1.08. The lowest BCUT2D eigenvalue weighted by Crippen LogP contribution is -2.41. The second-order valence-corrected chi connectivity index (χ2v) is 11.9. The monoisotopic (exact) mass is 434 g/mol. The summed E-state index contributed by atoms with van der Waals surface area (Å²) in [7, 11) is 4.09. The third-order valence-corrected chi connectivity index (χ3v) is 8.86. The highest BCUT2D eigenvalue weighted by atomic mass is 32.2. The van der Waals surface area contributed by atoms with Crippen molar-refractivity contribution in [3.8, 4) is 0 Å². The molecule has 0 aromatic rings. The Balaban J connectivity index is 1.21. The summed E-state index contributed by atoms with van der Waals surface area (Å²) in [4.78, 5) is 33.7. The number of thioether (sulfide) groups is 1. The molecule has 2 aliphatic carbocycles. The lowest BCUT2D eigenvalue weighted by Gasteiger charge is -2.35. The van der Waals surface area contributed by atoms with Gasteiger partial charge in [0.05, 0.1) is 0 Å². The van der Waals surface area contributed by atoms with Gasteiger partial charge in [-0.05, 0) is 90.3 Å². The molecule has 0 aromatic carbocycles. The van der Waals surface area contributed by atoms with Gasteiger partial charge in [0.25, 0.3) is 5.91 Å². The minimum absolute atomic E-state index is 0.0281. The molecule has 4 rings (SSSR count). The number of likely N-dealkylation sites (tertiary alicyclic amines) is 1. The van der Waals surface area contributed by atoms with Crippen LogP contribution in [0.2, 0.25) is 0 Å². The highest BCUT2D eigenvalue weighted by Crippen LogP contribution is 2.46. The summed E-state index contributed by atoms with van der Waals surface area (Å²) in [5, 5.41) is 4.47. The number of carbonyl (C=O) groups is 2. The summed E-state index contributed by atoms with van der Waals surface area (Å²) in [5.74, 6) is 2.47. The second kappa shape index (κ2) is 9.19. The van der Waals surface area contributed by atoms with Gasteiger partial charge >= 0.3 is 0 Å². The standard InChI is InChI=1S/C23H38N4O2S/c1-23(15-16-8-11-27(12-9-16)20(28)5-4-10-26(2)3)21(29)25-22(30-23)24-19-14-17-6-7-18(19)13-17/h16-19H,4-15H2,1-3H3,(H,24,25,29)/t17-,18-,19-,23?/m0/s1. The molecule has 3 fully saturated rings. The first kappa shape index (κ1) is 22.1. The van der Waals surface area contributed by atoms with Crippen LogP contribution in [0, 0.1) is 17.8 Å². The Morgan fingerprint density at radius 3 is 2.63 bits per heavy atom. The van der Waals surface area contributed by atoms with E-state index in [1.54, 1.807) is 11.8 Å². The molecule has 0 spiro atoms. The van der Waals surface area contributed by atoms with E-state index in [-0.39, 0.29) is 11.8 Å². The van der Waals surface area contributed by atoms with E-state index in [2.05, 4.69) is 22.1 Å². The average molecular weight is 435 g/mol. The van der Waals surface area contributed by atoms with Gasteiger partial charge in [0, 0.05) is 25.6 Å². The summed E-state index contributed by atoms with van der Waals surface area (Å²) in [6, 6.07) is 0.520. The van der Waals surface area contributed by atoms with Crippen molar-refractivity contribution in [2.24, 2.45) is 22.7 Å². The molecule has 6 nitrogen and oxygen atoms in total. The van der Waals surface area contributed by atoms with Crippen molar-refractivity contribution in [3.05, 3.63) is 0 Å². The van der Waals surface area contributed by atoms with Gasteiger partial charge < -0.3 is 15.1 Å². The summed E-state index contributed by atoms with van der Waals surface area (Å²) >= 11 is 1.65. The van der Waals surface area contributed by atoms with E-state index < -0.39 is 4.75 Å². The van der Waals surface area contributed by atoms with E-state index in [4.69, 9.17) is 0 Å². The molecule has 7 heteroatoms. The van der Waals surface area contributed by atoms with Gasteiger partial charge in [-0.15, -0.1) is 0 Å². The fraction of sp³-hybridized carbons (Fsp3) is 0.870. The maximum absolute atomic E-state index is 12.7. The van der Waals surface area contributed by atoms with Crippen LogP contribution in [0.15, 0.2) is 4.99 Å². The normalized spacial score (nSPS) is 34.1. The smallest absolute Gasteiger partial charge is 0.264 e. The molecular formula is C23H38N4O2S. The molecule has 30 heavy (non-hydrogen) atoms. The van der Waals surface area contributed by atoms with Crippen LogP contribution in [0.3, 0.4) is 0 Å². The van der Waals surface area contributed by atoms with Crippen LogP contribution in [-0.4, -0.2) is 71.3 Å². The molecule has 2 amide bonds. The van der Waals surface area contributed by atoms with Crippen molar-refractivity contribution in [1.29, 1.82) is 0 Å². The van der Waals surface area contributed by atoms with E-state index in [1.165, 1.54) is 25.7 Å². The highest BCUT2D eigenvalue weighted by Gasteiger charge is 2.46. The predicted molar refractivity (Wildman–Crippen MR) is 123 cm³/mol. The van der Waals surface area contributed by atoms with Gasteiger partial charge in [-0.1, -0.05) is 18.2 Å². The Kier molecular flexibility index (Phi) is 6.78. The van der Waals surface area contributed by atoms with Crippen molar-refractivity contribution in [3.63, 3.8) is 0 Å². The summed E-state index contributed by atoms with van der Waals surface area (Å²) in [5.41, 5.74) is 0. The zero-order valence-corrected chi connectivity index (χ0v) is 19.7. The van der Waals surface area contributed by atoms with Crippen molar-refractivity contribution in [1.82, 2.24) is 15.1 Å². The number of hydrogen-bond donors (Lipinski definition) is 1. The van der Waals surface area contributed by atoms with Gasteiger partial charge in [-0.25, -0.2) is 0 Å². The van der Waals surface area contributed by atoms with E-state index in [0.717, 1.165) is 62.3 Å². The molecule has 1 unspecified atom stereocenters. The first-order valence-electron chi connectivity index (χ1n) is 11.8. The van der Waals surface area contributed by atoms with Crippen LogP contribution >= 0.6 is 11.8 Å². The number of carbonyl (C=O) groups excluding carboxylic acids is 2. The van der Waals surface area contributed by atoms with Crippen LogP contribution < -0.4 is 5.32 Å². The molecule has 2 heterocycles. The van der Waals surface area contributed by atoms with Crippen LogP contribution in [0.4, 0.5) is 0 Å². The first-order valence-corrected chi connectivity index (χ1v) is 12.7. The zero-order valence-electron chi connectivity index (χ0n) is 18.9. The van der Waals surface area contributed by atoms with Gasteiger partial charge in [0.2, 0.25) is 5.91 Å². The summed E-state index contributed by atoms with van der Waals surface area (Å²) < 4.78 is -0.442. The van der Waals surface area contributed by atoms with Crippen molar-refractivity contribution in [2.45, 2.75) is 75.5 Å². The number of fused-ring (bicyclic) bond motifs is 2. The lowest BCUT2D eigenvalue weighted by atomic mass is 9.87. The number of amidine groups is 1. The fourth-order valence-corrected chi connectivity index (χ4v) is 7.12. The molecular weight excluding hydrogens is 396 g/mol. The number of rotatable bonds is 7. The van der Waals surface area contributed by atoms with Crippen molar-refractivity contribution < 1.29 is 9.59 Å². The average Bonchev–Trinajstić information content (AvgIpc) is 3.37. The lowest BCUT2D eigenvalue weighted by molar-refractivity contribution is -0.133. The number of aliphatic imine (C=N–C) groups is 1. The number of nitrogens with one attached hydrogen (secondary N) is 1. The third kappa shape index (κ3) is 5.04. The minimum atomic E-state index is -0.442. The molecule has 2 saturated carbocycles. The fourth-order valence-electron chi connectivity index (χ4n) is 5.90. The quantitative estimate of drug-likeness (QED) is 0.667. The van der Waals surface area contributed by atoms with Crippen LogP contribution in [0.1, 0.15) is 64.7 Å². The Morgan fingerprint density at radius 2 is 2.00 bits per heavy atom. The maximum Gasteiger partial charge on any atom is 0.264 e. The van der Waals surface area contributed by atoms with E-state index >= 15 is 0 Å². The van der Waals surface area contributed by atoms with Crippen molar-refractivity contribution in [2.75, 3.05) is 33.7 Å². The topological polar surface area (TPSA) is 65.0 Å². The maximum atomic E-state index is 12.7. The van der Waals surface area contributed by atoms with Crippen molar-refractivity contribution >= 4 is 28.7 Å². The molecule has 4 aliphatic rings. The summed E-state index contributed by atoms with van der Waals surface area (Å²) in [6.07, 6.45) is 9.74. The minimum Gasteiger partial charge on any atom is -0.361 e. The van der Waals surface area contributed by atoms with Gasteiger partial charge in [0.15, 0.2) is 5.17 Å². The van der Waals surface area contributed by atoms with Gasteiger partial charge in [-0.3, -0.25) is 9.59 Å². The molecule has 2 bridgehead atoms. The van der Waals surface area contributed by atoms with Crippen LogP contribution in [0.25, 0.3) is 0 Å². The third-order valence-electron chi connectivity index (χ3n) is 7.67. The Bertz CT molecular complexity index is 689. The Morgan fingerprint density at radius 1 is 1.23 bits per heavy atom. The van der Waals surface area contributed by atoms with Crippen LogP contribution in [0.5, 0.6) is 0 Å². The molecule has 168 valence electrons. The van der Waals surface area contributed by atoms with E-state index in [1.807, 2.05) is 19.0 Å². The van der Waals surface area contributed by atoms with Gasteiger partial charge in [-0.2, -0.15) is 4.99 Å². The highest BCUT2D eigenvalue weighted by molar-refractivity contribution is 8.16. The summed E-state index contributed by atoms with van der Waals surface area (Å²) in [6.45, 7) is 4.69. The number of amides is 2. The van der Waals surface area contributed by atoms with Gasteiger partial charge in [0.1, 0.15) is 4.75 Å². The van der Waals surface area contributed by atoms with E-state index in [9.17, 15) is 9.59 Å². The Labute approximate surface area is 185 Å². The SMILES string of the molecule is CN(C)CCCC(=O)N1CCC(CC2(C)SC(N[C@H]3C[C@H]4CC[C@H]3C4)=NC2=O)CC1. The second-order valence-electron chi connectivity index (χ2n) is 10.4. The number of hydrogen-bond acceptors (Lipinski definition) is 5. The molecule has 0 radical (unpaired) electrons. The predicted octanol–water partition coefficient (Wildman–Crippen LogP) is 3.12. The zero-order chi connectivity index (χ0) is 21.3. The molecule has 0 aromatic heterocycles. The van der Waals surface area contributed by atoms with E-state index in [0.29, 0.717) is 18.4 Å².